The predicted molar refractivity (Wildman–Crippen MR) is 329 cm³/mol. The van der Waals surface area contributed by atoms with Crippen LogP contribution in [0.4, 0.5) is 0 Å². The van der Waals surface area contributed by atoms with Crippen molar-refractivity contribution in [1.29, 1.82) is 0 Å². The molecule has 436 valence electrons. The number of halogens is 4. The normalized spacial score (nSPS) is 11.2. The molecule has 0 aliphatic carbocycles. The number of aliphatic carboxylic acids is 1. The Hall–Kier alpha value is -6.80. The Bertz CT molecular complexity index is 4220. The van der Waals surface area contributed by atoms with Gasteiger partial charge in [-0.3, -0.25) is 14.4 Å². The highest BCUT2D eigenvalue weighted by Crippen LogP contribution is 2.38. The van der Waals surface area contributed by atoms with Gasteiger partial charge >= 0.3 is 17.9 Å². The number of nitrogens with zero attached hydrogens (tertiary/aromatic N) is 2. The van der Waals surface area contributed by atoms with Crippen LogP contribution in [0.15, 0.2) is 165 Å². The number of carbonyl (C=O) groups excluding carboxylic acids is 2. The fourth-order valence-electron chi connectivity index (χ4n) is 7.69. The number of aromatic amines is 2. The first-order chi connectivity index (χ1) is 39.6. The van der Waals surface area contributed by atoms with Gasteiger partial charge in [0.25, 0.3) is 20.0 Å². The average molecular weight is 1310 g/mol. The molecule has 6 aromatic carbocycles. The molecule has 4 heterocycles. The number of ether oxygens (including phenoxy) is 6. The zero-order valence-electron chi connectivity index (χ0n) is 44.6. The first-order valence-corrected chi connectivity index (χ1v) is 31.3. The predicted octanol–water partition coefficient (Wildman–Crippen LogP) is 13.4. The maximum absolute atomic E-state index is 13.2. The summed E-state index contributed by atoms with van der Waals surface area (Å²) < 4.78 is 84.9. The topological polar surface area (TPSA) is 237 Å². The molecule has 3 N–H and O–H groups in total. The third-order valence-corrected chi connectivity index (χ3v) is 19.8. The Morgan fingerprint density at radius 2 is 0.904 bits per heavy atom. The number of carboxylic acids is 1. The van der Waals surface area contributed by atoms with Gasteiger partial charge in [-0.2, -0.15) is 0 Å². The van der Waals surface area contributed by atoms with E-state index in [-0.39, 0.29) is 47.4 Å². The number of nitrogens with one attached hydrogen (secondary N) is 2. The minimum Gasteiger partial charge on any atom is -0.497 e. The SMILES string of the molecule is COC(=O)CSc1c[nH]c2ccc(OC)cc12.COC(=O)CSc1cn(S(=O)(=O)c2ccc(Cl)c(Cl)c2)c2ccc(OC)cc12.COc1ccc2[nH]ccc2c1.COc1ccc2c(c1)c(SCC(=O)O)cn2S(=O)(=O)c1ccc(Cl)c(Cl)c1. The fourth-order valence-corrected chi connectivity index (χ4v) is 13.9. The first kappa shape index (κ1) is 63.8. The minimum absolute atomic E-state index is 0.000800. The fraction of sp³-hybridized carbons (Fsp3) is 0.161. The second kappa shape index (κ2) is 28.7. The molecule has 0 aliphatic heterocycles. The number of carboxylic acid groups (broad SMARTS) is 1. The van der Waals surface area contributed by atoms with Gasteiger partial charge in [-0.15, -0.1) is 35.3 Å². The van der Waals surface area contributed by atoms with Gasteiger partial charge in [0.1, 0.15) is 23.0 Å². The molecule has 27 heteroatoms. The molecule has 0 spiro atoms. The molecule has 10 aromatic rings. The van der Waals surface area contributed by atoms with Crippen LogP contribution >= 0.6 is 81.7 Å². The largest absolute Gasteiger partial charge is 0.497 e. The second-order valence-electron chi connectivity index (χ2n) is 16.9. The number of rotatable bonds is 17. The summed E-state index contributed by atoms with van der Waals surface area (Å²) in [5, 5.41) is 13.2. The number of H-pyrrole nitrogens is 2. The summed E-state index contributed by atoms with van der Waals surface area (Å²) in [6, 6.07) is 31.9. The standard InChI is InChI=1S/C18H15Cl2NO5S2.C17H13Cl2NO5S2.C12H13NO3S.C9H9NO/c1-25-11-3-6-16-13(7-11)17(27-10-18(22)26-2)9-21(16)28(23,24)12-4-5-14(19)15(20)8-12;1-25-10-2-5-15-12(6-10)16(26-9-17(21)22)8-20(15)27(23,24)11-3-4-13(18)14(19)7-11;1-15-8-3-4-10-9(5-8)11(6-13-10)17-7-12(14)16-2;1-11-8-2-3-9-7(6-8)4-5-10-9/h3-9H,10H2,1-2H3;2-8H,9H2,1H3,(H,21,22);3-6,13H,7H2,1-2H3;2-6,10H,1H3. The summed E-state index contributed by atoms with van der Waals surface area (Å²) in [5.41, 5.74) is 3.01. The second-order valence-corrected chi connectivity index (χ2v) is 25.2. The number of esters is 2. The van der Waals surface area contributed by atoms with Crippen molar-refractivity contribution >= 4 is 163 Å². The number of methoxy groups -OCH3 is 6. The number of carbonyl (C=O) groups is 3. The number of benzene rings is 6. The highest BCUT2D eigenvalue weighted by atomic mass is 35.5. The summed E-state index contributed by atoms with van der Waals surface area (Å²) in [6.45, 7) is 0. The van der Waals surface area contributed by atoms with Crippen molar-refractivity contribution in [3.8, 4) is 23.0 Å². The summed E-state index contributed by atoms with van der Waals surface area (Å²) in [7, 11) is 1.09. The van der Waals surface area contributed by atoms with Crippen LogP contribution in [-0.2, 0) is 43.9 Å². The highest BCUT2D eigenvalue weighted by molar-refractivity contribution is 8.00. The van der Waals surface area contributed by atoms with Gasteiger partial charge in [0.05, 0.1) is 101 Å². The van der Waals surface area contributed by atoms with Crippen molar-refractivity contribution in [3.63, 3.8) is 0 Å². The van der Waals surface area contributed by atoms with E-state index in [2.05, 4.69) is 19.4 Å². The van der Waals surface area contributed by atoms with E-state index in [1.807, 2.05) is 54.9 Å². The maximum Gasteiger partial charge on any atom is 0.315 e. The molecule has 0 radical (unpaired) electrons. The Morgan fingerprint density at radius 1 is 0.482 bits per heavy atom. The Kier molecular flexibility index (Phi) is 22.0. The quantitative estimate of drug-likeness (QED) is 0.0567. The number of aromatic nitrogens is 4. The molecule has 83 heavy (non-hydrogen) atoms. The number of thioether (sulfide) groups is 3. The van der Waals surface area contributed by atoms with Gasteiger partial charge in [0, 0.05) is 72.1 Å². The third kappa shape index (κ3) is 15.5. The van der Waals surface area contributed by atoms with E-state index in [1.54, 1.807) is 50.6 Å². The van der Waals surface area contributed by atoms with E-state index in [9.17, 15) is 31.2 Å². The van der Waals surface area contributed by atoms with Crippen molar-refractivity contribution in [1.82, 2.24) is 17.9 Å². The van der Waals surface area contributed by atoms with Gasteiger partial charge in [0.15, 0.2) is 0 Å². The summed E-state index contributed by atoms with van der Waals surface area (Å²) in [6.07, 6.45) is 6.67. The van der Waals surface area contributed by atoms with E-state index in [0.717, 1.165) is 52.5 Å². The van der Waals surface area contributed by atoms with E-state index in [0.29, 0.717) is 48.8 Å². The van der Waals surface area contributed by atoms with Gasteiger partial charge in [0.2, 0.25) is 0 Å². The van der Waals surface area contributed by atoms with Crippen LogP contribution in [-0.4, -0.2) is 118 Å². The van der Waals surface area contributed by atoms with Gasteiger partial charge in [-0.1, -0.05) is 46.4 Å². The Morgan fingerprint density at radius 3 is 1.35 bits per heavy atom. The van der Waals surface area contributed by atoms with E-state index >= 15 is 0 Å². The van der Waals surface area contributed by atoms with Crippen molar-refractivity contribution in [2.45, 2.75) is 24.5 Å². The molecule has 4 aromatic heterocycles. The van der Waals surface area contributed by atoms with Gasteiger partial charge < -0.3 is 43.5 Å². The van der Waals surface area contributed by atoms with Crippen molar-refractivity contribution in [3.05, 3.63) is 160 Å². The lowest BCUT2D eigenvalue weighted by molar-refractivity contribution is -0.138. The van der Waals surface area contributed by atoms with Gasteiger partial charge in [-0.05, 0) is 115 Å². The van der Waals surface area contributed by atoms with Crippen LogP contribution in [0.5, 0.6) is 23.0 Å². The monoisotopic (exact) mass is 1300 g/mol. The van der Waals surface area contributed by atoms with Crippen LogP contribution in [0.2, 0.25) is 20.1 Å². The first-order valence-electron chi connectivity index (χ1n) is 24.0. The van der Waals surface area contributed by atoms with E-state index < -0.39 is 32.0 Å². The molecule has 0 saturated heterocycles. The Labute approximate surface area is 509 Å². The molecule has 18 nitrogen and oxygen atoms in total. The number of hydrogen-bond acceptors (Lipinski definition) is 16. The van der Waals surface area contributed by atoms with Crippen LogP contribution < -0.4 is 18.9 Å². The highest BCUT2D eigenvalue weighted by Gasteiger charge is 2.25. The summed E-state index contributed by atoms with van der Waals surface area (Å²) >= 11 is 27.4. The van der Waals surface area contributed by atoms with Crippen molar-refractivity contribution in [2.75, 3.05) is 59.9 Å². The molecule has 0 bridgehead atoms. The van der Waals surface area contributed by atoms with Crippen LogP contribution in [0.25, 0.3) is 43.6 Å². The number of fused-ring (bicyclic) bond motifs is 4. The zero-order chi connectivity index (χ0) is 60.2. The van der Waals surface area contributed by atoms with E-state index in [1.165, 1.54) is 106 Å². The molecule has 0 aliphatic rings. The van der Waals surface area contributed by atoms with Crippen molar-refractivity contribution < 1.29 is 64.7 Å². The molecule has 0 unspecified atom stereocenters. The average Bonchev–Trinajstić information content (AvgIpc) is 4.33. The molecule has 0 amide bonds. The van der Waals surface area contributed by atoms with Gasteiger partial charge in [-0.25, -0.2) is 24.8 Å². The Balaban J connectivity index is 0.000000167. The lowest BCUT2D eigenvalue weighted by atomic mass is 10.2. The van der Waals surface area contributed by atoms with E-state index in [4.69, 9.17) is 70.5 Å². The lowest BCUT2D eigenvalue weighted by Gasteiger charge is -2.09. The molecule has 0 fully saturated rings. The lowest BCUT2D eigenvalue weighted by Crippen LogP contribution is -2.11. The number of hydrogen-bond donors (Lipinski definition) is 3. The van der Waals surface area contributed by atoms with Crippen LogP contribution in [0.1, 0.15) is 0 Å². The smallest absolute Gasteiger partial charge is 0.315 e. The molecular formula is C56H50Cl4N4O14S5. The minimum atomic E-state index is -3.97. The van der Waals surface area contributed by atoms with Crippen LogP contribution in [0.3, 0.4) is 0 Å². The molecule has 0 saturated carbocycles. The molecular weight excluding hydrogens is 1250 g/mol. The summed E-state index contributed by atoms with van der Waals surface area (Å²) in [5.74, 6) is 1.30. The zero-order valence-corrected chi connectivity index (χ0v) is 51.7. The molecule has 0 atom stereocenters. The maximum atomic E-state index is 13.2. The molecule has 10 rings (SSSR count). The summed E-state index contributed by atoms with van der Waals surface area (Å²) in [4.78, 5) is 41.9. The van der Waals surface area contributed by atoms with Crippen molar-refractivity contribution in [2.24, 2.45) is 0 Å². The van der Waals surface area contributed by atoms with Crippen LogP contribution in [0, 0.1) is 0 Å². The third-order valence-electron chi connectivity index (χ3n) is 11.9.